The first-order valence-electron chi connectivity index (χ1n) is 9.50. The molecule has 3 aromatic rings. The van der Waals surface area contributed by atoms with E-state index < -0.39 is 23.6 Å². The molecule has 31 heavy (non-hydrogen) atoms. The van der Waals surface area contributed by atoms with Crippen LogP contribution in [0.4, 0.5) is 15.3 Å². The summed E-state index contributed by atoms with van der Waals surface area (Å²) < 4.78 is 18.0. The fourth-order valence-electron chi connectivity index (χ4n) is 2.88. The molecule has 0 saturated carbocycles. The van der Waals surface area contributed by atoms with Crippen LogP contribution in [0.15, 0.2) is 22.6 Å². The number of urea groups is 1. The van der Waals surface area contributed by atoms with Gasteiger partial charge in [0.1, 0.15) is 17.0 Å². The number of ether oxygens (including phenoxy) is 2. The predicted octanol–water partition coefficient (Wildman–Crippen LogP) is 3.53. The molecule has 0 radical (unpaired) electrons. The molecule has 0 aliphatic carbocycles. The lowest BCUT2D eigenvalue weighted by Crippen LogP contribution is -2.33. The first kappa shape index (κ1) is 22.2. The number of hydrogen-bond acceptors (Lipinski definition) is 7. The molecule has 2 heterocycles. The number of carbonyl (C=O) groups is 3. The highest BCUT2D eigenvalue weighted by atomic mass is 32.1. The van der Waals surface area contributed by atoms with Gasteiger partial charge in [-0.25, -0.2) is 9.59 Å². The molecule has 0 spiro atoms. The van der Waals surface area contributed by atoms with E-state index in [1.807, 2.05) is 6.07 Å². The fourth-order valence-corrected chi connectivity index (χ4v) is 4.07. The Kier molecular flexibility index (Phi) is 6.25. The summed E-state index contributed by atoms with van der Waals surface area (Å²) in [4.78, 5) is 34.7. The first-order chi connectivity index (χ1) is 14.6. The van der Waals surface area contributed by atoms with Crippen molar-refractivity contribution in [1.29, 1.82) is 0 Å². The molecule has 10 nitrogen and oxygen atoms in total. The van der Waals surface area contributed by atoms with Gasteiger partial charge in [0.15, 0.2) is 5.58 Å². The molecule has 4 amide bonds. The second kappa shape index (κ2) is 8.72. The van der Waals surface area contributed by atoms with E-state index in [1.54, 1.807) is 32.9 Å². The van der Waals surface area contributed by atoms with Crippen molar-refractivity contribution >= 4 is 55.4 Å². The second-order valence-electron chi connectivity index (χ2n) is 7.68. The summed E-state index contributed by atoms with van der Waals surface area (Å²) in [5, 5.41) is 5.79. The van der Waals surface area contributed by atoms with Gasteiger partial charge in [0.25, 0.3) is 5.91 Å². The van der Waals surface area contributed by atoms with Crippen molar-refractivity contribution in [3.63, 3.8) is 0 Å². The summed E-state index contributed by atoms with van der Waals surface area (Å²) in [6.07, 6.45) is 0.0881. The molecular weight excluding hydrogens is 424 g/mol. The molecule has 2 aromatic heterocycles. The Labute approximate surface area is 181 Å². The van der Waals surface area contributed by atoms with Crippen LogP contribution in [0.2, 0.25) is 0 Å². The van der Waals surface area contributed by atoms with E-state index in [-0.39, 0.29) is 11.4 Å². The quantitative estimate of drug-likeness (QED) is 0.405. The third-order valence-electron chi connectivity index (χ3n) is 4.01. The minimum Gasteiger partial charge on any atom is -0.492 e. The van der Waals surface area contributed by atoms with Crippen LogP contribution in [0.25, 0.3) is 20.4 Å². The van der Waals surface area contributed by atoms with E-state index in [2.05, 4.69) is 10.6 Å². The van der Waals surface area contributed by atoms with E-state index in [4.69, 9.17) is 25.4 Å². The number of nitrogens with one attached hydrogen (secondary N) is 2. The minimum atomic E-state index is -0.836. The monoisotopic (exact) mass is 448 g/mol. The van der Waals surface area contributed by atoms with Gasteiger partial charge in [0, 0.05) is 11.9 Å². The number of primary amides is 2. The number of fused-ring (bicyclic) bond motifs is 3. The summed E-state index contributed by atoms with van der Waals surface area (Å²) in [6.45, 7) is 6.14. The number of alkyl carbamates (subject to hydrolysis) is 1. The third-order valence-corrected chi connectivity index (χ3v) is 5.23. The summed E-state index contributed by atoms with van der Waals surface area (Å²) in [5.74, 6) is -0.372. The van der Waals surface area contributed by atoms with Crippen molar-refractivity contribution < 1.29 is 28.3 Å². The van der Waals surface area contributed by atoms with E-state index >= 15 is 0 Å². The van der Waals surface area contributed by atoms with Crippen molar-refractivity contribution in [3.8, 4) is 5.75 Å². The number of nitrogens with two attached hydrogens (primary N) is 2. The van der Waals surface area contributed by atoms with Crippen LogP contribution >= 0.6 is 11.3 Å². The van der Waals surface area contributed by atoms with Gasteiger partial charge in [-0.15, -0.1) is 11.3 Å². The molecule has 1 aromatic carbocycles. The maximum Gasteiger partial charge on any atom is 0.407 e. The van der Waals surface area contributed by atoms with E-state index in [9.17, 15) is 14.4 Å². The standard InChI is InChI=1S/C20H24N4O6S/c1-20(2,3)30-19(27)23-8-5-9-28-11-7-4-6-10-13-16(31-15(10)11)12(24-18(22)26)14(29-13)17(21)25/h4,6-7H,5,8-9H2,1-3H3,(H2,21,25)(H,23,27)(H3,22,24,26). The van der Waals surface area contributed by atoms with E-state index in [0.29, 0.717) is 41.0 Å². The molecule has 3 rings (SSSR count). The Bertz CT molecular complexity index is 1140. The van der Waals surface area contributed by atoms with Crippen molar-refractivity contribution in [1.82, 2.24) is 5.32 Å². The second-order valence-corrected chi connectivity index (χ2v) is 8.70. The Balaban J connectivity index is 1.74. The smallest absolute Gasteiger partial charge is 0.407 e. The zero-order valence-corrected chi connectivity index (χ0v) is 18.2. The van der Waals surface area contributed by atoms with Gasteiger partial charge in [-0.05, 0) is 39.3 Å². The normalized spacial score (nSPS) is 11.5. The van der Waals surface area contributed by atoms with E-state index in [0.717, 1.165) is 4.70 Å². The van der Waals surface area contributed by atoms with Gasteiger partial charge in [0.05, 0.1) is 16.0 Å². The molecule has 166 valence electrons. The molecular formula is C20H24N4O6S. The van der Waals surface area contributed by atoms with Crippen LogP contribution in [-0.2, 0) is 4.74 Å². The Hall–Kier alpha value is -3.47. The molecule has 6 N–H and O–H groups in total. The Morgan fingerprint density at radius 1 is 1.16 bits per heavy atom. The Morgan fingerprint density at radius 2 is 1.90 bits per heavy atom. The highest BCUT2D eigenvalue weighted by Gasteiger charge is 2.24. The fraction of sp³-hybridized carbons (Fsp3) is 0.350. The topological polar surface area (TPSA) is 159 Å². The van der Waals surface area contributed by atoms with Gasteiger partial charge >= 0.3 is 12.1 Å². The number of rotatable bonds is 7. The molecule has 11 heteroatoms. The van der Waals surface area contributed by atoms with Gasteiger partial charge in [-0.1, -0.05) is 6.07 Å². The lowest BCUT2D eigenvalue weighted by molar-refractivity contribution is 0.0525. The minimum absolute atomic E-state index is 0.142. The Morgan fingerprint density at radius 3 is 2.55 bits per heavy atom. The van der Waals surface area contributed by atoms with Crippen molar-refractivity contribution in [3.05, 3.63) is 24.0 Å². The average molecular weight is 449 g/mol. The highest BCUT2D eigenvalue weighted by molar-refractivity contribution is 7.26. The summed E-state index contributed by atoms with van der Waals surface area (Å²) >= 11 is 1.28. The van der Waals surface area contributed by atoms with Crippen LogP contribution in [0.1, 0.15) is 37.7 Å². The number of thiophene rings is 1. The molecule has 0 aliphatic rings. The molecule has 0 saturated heterocycles. The number of anilines is 1. The maximum atomic E-state index is 11.7. The molecule has 0 unspecified atom stereocenters. The first-order valence-corrected chi connectivity index (χ1v) is 10.3. The number of benzene rings is 1. The van der Waals surface area contributed by atoms with Gasteiger partial charge in [0.2, 0.25) is 5.76 Å². The van der Waals surface area contributed by atoms with Crippen molar-refractivity contribution in [2.24, 2.45) is 11.5 Å². The highest BCUT2D eigenvalue weighted by Crippen LogP contribution is 2.45. The van der Waals surface area contributed by atoms with Crippen LogP contribution in [0.5, 0.6) is 5.75 Å². The van der Waals surface area contributed by atoms with Crippen LogP contribution in [0.3, 0.4) is 0 Å². The molecule has 0 aliphatic heterocycles. The van der Waals surface area contributed by atoms with Crippen molar-refractivity contribution in [2.75, 3.05) is 18.5 Å². The largest absolute Gasteiger partial charge is 0.492 e. The molecule has 0 fully saturated rings. The third kappa shape index (κ3) is 5.18. The lowest BCUT2D eigenvalue weighted by atomic mass is 10.2. The zero-order valence-electron chi connectivity index (χ0n) is 17.4. The van der Waals surface area contributed by atoms with Gasteiger partial charge < -0.3 is 36.0 Å². The molecule has 0 atom stereocenters. The van der Waals surface area contributed by atoms with E-state index in [1.165, 1.54) is 11.3 Å². The van der Waals surface area contributed by atoms with Crippen LogP contribution in [-0.4, -0.2) is 36.8 Å². The zero-order chi connectivity index (χ0) is 22.8. The number of carbonyl (C=O) groups excluding carboxylic acids is 3. The van der Waals surface area contributed by atoms with Gasteiger partial charge in [-0.3, -0.25) is 4.79 Å². The number of furan rings is 1. The number of amides is 4. The average Bonchev–Trinajstić information content (AvgIpc) is 3.17. The van der Waals surface area contributed by atoms with Crippen molar-refractivity contribution in [2.45, 2.75) is 32.8 Å². The SMILES string of the molecule is CC(C)(C)OC(=O)NCCCOc1cccc2c1sc1c(NC(N)=O)c(C(N)=O)oc12. The summed E-state index contributed by atoms with van der Waals surface area (Å²) in [7, 11) is 0. The van der Waals surface area contributed by atoms with Crippen LogP contribution < -0.4 is 26.8 Å². The van der Waals surface area contributed by atoms with Gasteiger partial charge in [-0.2, -0.15) is 0 Å². The van der Waals surface area contributed by atoms with Crippen LogP contribution in [0, 0.1) is 0 Å². The lowest BCUT2D eigenvalue weighted by Gasteiger charge is -2.19. The summed E-state index contributed by atoms with van der Waals surface area (Å²) in [5.41, 5.74) is 10.6. The maximum absolute atomic E-state index is 11.7. The molecule has 0 bridgehead atoms. The summed E-state index contributed by atoms with van der Waals surface area (Å²) in [6, 6.07) is 4.57. The predicted molar refractivity (Wildman–Crippen MR) is 118 cm³/mol. The number of hydrogen-bond donors (Lipinski definition) is 4.